The van der Waals surface area contributed by atoms with Crippen LogP contribution in [-0.4, -0.2) is 220 Å². The van der Waals surface area contributed by atoms with Gasteiger partial charge in [-0.25, -0.2) is 0 Å². The van der Waals surface area contributed by atoms with E-state index in [2.05, 4.69) is 6.58 Å². The van der Waals surface area contributed by atoms with Crippen molar-refractivity contribution in [3.63, 3.8) is 0 Å². The van der Waals surface area contributed by atoms with Crippen molar-refractivity contribution >= 4 is 41.0 Å². The van der Waals surface area contributed by atoms with Crippen LogP contribution in [0.4, 0.5) is 0 Å². The van der Waals surface area contributed by atoms with Gasteiger partial charge >= 0.3 is 17.9 Å². The summed E-state index contributed by atoms with van der Waals surface area (Å²) in [6, 6.07) is 0. The first-order chi connectivity index (χ1) is 30.6. The molecule has 0 aliphatic carbocycles. The Balaban J connectivity index is 2.22. The summed E-state index contributed by atoms with van der Waals surface area (Å²) in [6.07, 6.45) is -15.2. The lowest BCUT2D eigenvalue weighted by Gasteiger charge is -2.58. The molecule has 24 heteroatoms. The summed E-state index contributed by atoms with van der Waals surface area (Å²) in [5.74, 6) is -8.76. The molecule has 0 saturated carbocycles. The van der Waals surface area contributed by atoms with E-state index in [0.29, 0.717) is 73.6 Å². The Labute approximate surface area is 375 Å². The first kappa shape index (κ1) is 57.4. The monoisotopic (exact) mass is 940 g/mol. The van der Waals surface area contributed by atoms with Gasteiger partial charge in [-0.3, -0.25) is 33.6 Å². The maximum absolute atomic E-state index is 13.4. The van der Waals surface area contributed by atoms with Crippen molar-refractivity contribution in [1.82, 2.24) is 0 Å². The molecule has 0 amide bonds. The molecule has 2 heterocycles. The Morgan fingerprint density at radius 1 is 0.585 bits per heavy atom. The second-order valence-electron chi connectivity index (χ2n) is 14.7. The summed E-state index contributed by atoms with van der Waals surface area (Å²) >= 11 is 0. The summed E-state index contributed by atoms with van der Waals surface area (Å²) in [6.45, 7) is 11.8. The van der Waals surface area contributed by atoms with Crippen LogP contribution in [0.5, 0.6) is 0 Å². The van der Waals surface area contributed by atoms with Crippen molar-refractivity contribution < 1.29 is 116 Å². The average Bonchev–Trinajstić information content (AvgIpc) is 3.23. The number of rotatable bonds is 32. The Kier molecular flexibility index (Phi) is 24.5. The summed E-state index contributed by atoms with van der Waals surface area (Å²) in [5, 5.41) is 46.7. The zero-order valence-corrected chi connectivity index (χ0v) is 37.8. The van der Waals surface area contributed by atoms with Gasteiger partial charge in [0.1, 0.15) is 31.0 Å². The molecule has 0 spiro atoms. The van der Waals surface area contributed by atoms with E-state index in [1.54, 1.807) is 6.08 Å². The standard InChI is InChI=1S/C41H64O24/c1-9-10-53-11-12-54-13-14-55-15-16-56-17-18-57-19-20-58-21-22-59-37-35(62-30(8)48)34(61-29(7)47)33(31(63-37)23-60-28(6)46)64-38-40(51,26(4)44)41(52,27(5)45)39(50,25(3)43)36(65-38)32(49)24(2)42/h9,31-38,49-52H,1,10-23H2,2-8H3/t31-,32?,33-,34+,35-,36-,37-,38-,39+,40+,41+/m1/s1. The molecule has 2 fully saturated rings. The van der Waals surface area contributed by atoms with Crippen molar-refractivity contribution in [3.05, 3.63) is 12.7 Å². The molecule has 11 atom stereocenters. The fourth-order valence-corrected chi connectivity index (χ4v) is 6.84. The number of aliphatic hydroxyl groups is 4. The van der Waals surface area contributed by atoms with E-state index < -0.39 is 114 Å². The molecule has 2 rings (SSSR count). The largest absolute Gasteiger partial charge is 0.463 e. The molecule has 4 N–H and O–H groups in total. The number of hydrogen-bond acceptors (Lipinski definition) is 24. The summed E-state index contributed by atoms with van der Waals surface area (Å²) in [7, 11) is 0. The average molecular weight is 941 g/mol. The lowest BCUT2D eigenvalue weighted by molar-refractivity contribution is -0.398. The van der Waals surface area contributed by atoms with E-state index in [1.165, 1.54) is 0 Å². The van der Waals surface area contributed by atoms with E-state index in [1.807, 2.05) is 0 Å². The molecule has 2 aliphatic rings. The maximum Gasteiger partial charge on any atom is 0.303 e. The number of carbonyl (C=O) groups excluding carboxylic acids is 7. The van der Waals surface area contributed by atoms with Gasteiger partial charge in [-0.15, -0.1) is 6.58 Å². The lowest BCUT2D eigenvalue weighted by atomic mass is 9.60. The molecule has 372 valence electrons. The molecule has 65 heavy (non-hydrogen) atoms. The molecule has 0 aromatic carbocycles. The van der Waals surface area contributed by atoms with E-state index in [0.717, 1.165) is 27.7 Å². The second kappa shape index (κ2) is 27.8. The van der Waals surface area contributed by atoms with Gasteiger partial charge in [0.05, 0.1) is 85.9 Å². The molecular formula is C41H64O24. The van der Waals surface area contributed by atoms with Gasteiger partial charge in [-0.05, 0) is 27.7 Å². The van der Waals surface area contributed by atoms with Crippen molar-refractivity contribution in [2.24, 2.45) is 0 Å². The molecule has 0 radical (unpaired) electrons. The Morgan fingerprint density at radius 3 is 1.43 bits per heavy atom. The third kappa shape index (κ3) is 15.4. The minimum Gasteiger partial charge on any atom is -0.463 e. The van der Waals surface area contributed by atoms with Gasteiger partial charge in [0, 0.05) is 20.8 Å². The Bertz CT molecular complexity index is 1590. The minimum absolute atomic E-state index is 0.0910. The van der Waals surface area contributed by atoms with Crippen LogP contribution >= 0.6 is 0 Å². The highest BCUT2D eigenvalue weighted by molar-refractivity contribution is 6.05. The highest BCUT2D eigenvalue weighted by Gasteiger charge is 2.80. The number of ketones is 4. The van der Waals surface area contributed by atoms with Crippen molar-refractivity contribution in [3.8, 4) is 0 Å². The van der Waals surface area contributed by atoms with Gasteiger partial charge in [0.25, 0.3) is 0 Å². The smallest absolute Gasteiger partial charge is 0.303 e. The van der Waals surface area contributed by atoms with E-state index in [-0.39, 0.29) is 33.0 Å². The molecule has 2 aliphatic heterocycles. The Morgan fingerprint density at radius 2 is 1.03 bits per heavy atom. The van der Waals surface area contributed by atoms with Gasteiger partial charge < -0.3 is 82.0 Å². The van der Waals surface area contributed by atoms with Crippen LogP contribution in [0.25, 0.3) is 0 Å². The van der Waals surface area contributed by atoms with Crippen LogP contribution in [0.15, 0.2) is 12.7 Å². The topological polar surface area (TPSA) is 320 Å². The van der Waals surface area contributed by atoms with Crippen LogP contribution in [0.3, 0.4) is 0 Å². The molecule has 2 saturated heterocycles. The third-order valence-electron chi connectivity index (χ3n) is 9.94. The zero-order valence-electron chi connectivity index (χ0n) is 37.8. The quantitative estimate of drug-likeness (QED) is 0.0234. The van der Waals surface area contributed by atoms with Crippen LogP contribution in [-0.2, 0) is 95.1 Å². The molecule has 0 bridgehead atoms. The van der Waals surface area contributed by atoms with Crippen molar-refractivity contribution in [1.29, 1.82) is 0 Å². The zero-order chi connectivity index (χ0) is 49.0. The molecule has 0 aromatic heterocycles. The molecular weight excluding hydrogens is 876 g/mol. The van der Waals surface area contributed by atoms with Gasteiger partial charge in [-0.2, -0.15) is 0 Å². The number of ether oxygens (including phenoxy) is 13. The number of carbonyl (C=O) groups is 7. The van der Waals surface area contributed by atoms with Crippen LogP contribution < -0.4 is 0 Å². The maximum atomic E-state index is 13.4. The highest BCUT2D eigenvalue weighted by atomic mass is 16.8. The van der Waals surface area contributed by atoms with Crippen molar-refractivity contribution in [2.45, 2.75) is 114 Å². The minimum atomic E-state index is -3.91. The van der Waals surface area contributed by atoms with Crippen LogP contribution in [0.2, 0.25) is 0 Å². The van der Waals surface area contributed by atoms with Crippen LogP contribution in [0, 0.1) is 0 Å². The van der Waals surface area contributed by atoms with Gasteiger partial charge in [0.15, 0.2) is 53.5 Å². The number of aliphatic hydroxyl groups excluding tert-OH is 1. The van der Waals surface area contributed by atoms with E-state index in [4.69, 9.17) is 61.6 Å². The van der Waals surface area contributed by atoms with Crippen molar-refractivity contribution in [2.75, 3.05) is 92.5 Å². The number of Topliss-reactive ketones (excluding diaryl/α,β-unsaturated/α-hetero) is 4. The van der Waals surface area contributed by atoms with E-state index >= 15 is 0 Å². The summed E-state index contributed by atoms with van der Waals surface area (Å²) in [5.41, 5.74) is -11.4. The summed E-state index contributed by atoms with van der Waals surface area (Å²) in [4.78, 5) is 89.3. The van der Waals surface area contributed by atoms with E-state index in [9.17, 15) is 54.0 Å². The third-order valence-corrected chi connectivity index (χ3v) is 9.94. The molecule has 24 nitrogen and oxygen atoms in total. The van der Waals surface area contributed by atoms with Crippen LogP contribution in [0.1, 0.15) is 48.5 Å². The predicted molar refractivity (Wildman–Crippen MR) is 215 cm³/mol. The fourth-order valence-electron chi connectivity index (χ4n) is 6.84. The normalized spacial score (nSPS) is 29.3. The first-order valence-corrected chi connectivity index (χ1v) is 20.6. The lowest BCUT2D eigenvalue weighted by Crippen LogP contribution is -2.87. The molecule has 1 unspecified atom stereocenters. The first-order valence-electron chi connectivity index (χ1n) is 20.6. The van der Waals surface area contributed by atoms with Gasteiger partial charge in [0.2, 0.25) is 11.2 Å². The van der Waals surface area contributed by atoms with Gasteiger partial charge in [-0.1, -0.05) is 6.08 Å². The predicted octanol–water partition coefficient (Wildman–Crippen LogP) is -2.54. The number of esters is 3. The SMILES string of the molecule is C=CCOCCOCCOCCOCCOCCOCCO[C@@H]1O[C@H](COC(C)=O)[C@@H](O[C@@H]2O[C@H](C(O)C(C)=O)[C@@](O)(C(C)=O)[C@@](O)(C(C)=O)[C@]2(O)C(C)=O)[C@H](OC(C)=O)[C@H]1OC(C)=O. The fraction of sp³-hybridized carbons (Fsp3) is 0.780. The molecule has 0 aromatic rings. The highest BCUT2D eigenvalue weighted by Crippen LogP contribution is 2.49. The Hall–Kier alpha value is -3.73. The second-order valence-corrected chi connectivity index (χ2v) is 14.7. The summed E-state index contributed by atoms with van der Waals surface area (Å²) < 4.78 is 72.0. The number of hydrogen-bond donors (Lipinski definition) is 4.